The van der Waals surface area contributed by atoms with Gasteiger partial charge in [0.25, 0.3) is 0 Å². The second-order valence-corrected chi connectivity index (χ2v) is 4.67. The van der Waals surface area contributed by atoms with Crippen molar-refractivity contribution in [3.8, 4) is 0 Å². The van der Waals surface area contributed by atoms with Crippen LogP contribution in [0.4, 0.5) is 0 Å². The maximum atomic E-state index is 11.7. The largest absolute Gasteiger partial charge is 0.299 e. The molecule has 0 radical (unpaired) electrons. The molecule has 1 nitrogen and oxygen atoms in total. The summed E-state index contributed by atoms with van der Waals surface area (Å²) in [6.07, 6.45) is 4.60. The van der Waals surface area contributed by atoms with Gasteiger partial charge in [-0.25, -0.2) is 0 Å². The van der Waals surface area contributed by atoms with Crippen LogP contribution in [0.15, 0.2) is 24.3 Å². The Morgan fingerprint density at radius 2 is 1.60 bits per heavy atom. The van der Waals surface area contributed by atoms with Crippen LogP contribution in [0.2, 0.25) is 0 Å². The second-order valence-electron chi connectivity index (χ2n) is 4.67. The van der Waals surface area contributed by atoms with Gasteiger partial charge in [-0.3, -0.25) is 4.79 Å². The lowest BCUT2D eigenvalue weighted by atomic mass is 9.94. The highest BCUT2D eigenvalue weighted by atomic mass is 16.1. The third kappa shape index (κ3) is 8.17. The molecule has 0 heterocycles. The predicted molar refractivity (Wildman–Crippen MR) is 66.9 cm³/mol. The standard InChI is InChI=1S/C14H24O/c1-11(2)7-6-8-13(5)14(15)10-9-12(3)4/h13H,1,3,6-10H2,2,4-5H3. The number of Topliss-reactive ketones (excluding diaryl/α,β-unsaturated/α-hetero) is 1. The van der Waals surface area contributed by atoms with Gasteiger partial charge in [0, 0.05) is 12.3 Å². The van der Waals surface area contributed by atoms with Crippen LogP contribution < -0.4 is 0 Å². The quantitative estimate of drug-likeness (QED) is 0.544. The molecule has 0 saturated heterocycles. The average molecular weight is 208 g/mol. The third-order valence-electron chi connectivity index (χ3n) is 2.59. The average Bonchev–Trinajstić information content (AvgIpc) is 2.13. The van der Waals surface area contributed by atoms with E-state index in [0.717, 1.165) is 31.3 Å². The van der Waals surface area contributed by atoms with Crippen molar-refractivity contribution in [1.29, 1.82) is 0 Å². The van der Waals surface area contributed by atoms with E-state index in [1.165, 1.54) is 5.57 Å². The van der Waals surface area contributed by atoms with Crippen LogP contribution in [-0.2, 0) is 4.79 Å². The monoisotopic (exact) mass is 208 g/mol. The fourth-order valence-electron chi connectivity index (χ4n) is 1.45. The van der Waals surface area contributed by atoms with E-state index in [-0.39, 0.29) is 5.92 Å². The number of rotatable bonds is 8. The first-order chi connectivity index (χ1) is 6.93. The van der Waals surface area contributed by atoms with Crippen LogP contribution in [0, 0.1) is 5.92 Å². The molecule has 0 bridgehead atoms. The molecule has 86 valence electrons. The summed E-state index contributed by atoms with van der Waals surface area (Å²) in [5.41, 5.74) is 2.30. The summed E-state index contributed by atoms with van der Waals surface area (Å²) in [5, 5.41) is 0. The van der Waals surface area contributed by atoms with Crippen molar-refractivity contribution in [3.05, 3.63) is 24.3 Å². The van der Waals surface area contributed by atoms with Crippen LogP contribution in [0.5, 0.6) is 0 Å². The molecular formula is C14H24O. The van der Waals surface area contributed by atoms with Gasteiger partial charge < -0.3 is 0 Å². The summed E-state index contributed by atoms with van der Waals surface area (Å²) in [7, 11) is 0. The summed E-state index contributed by atoms with van der Waals surface area (Å²) in [4.78, 5) is 11.7. The number of hydrogen-bond donors (Lipinski definition) is 0. The smallest absolute Gasteiger partial charge is 0.136 e. The molecule has 0 N–H and O–H groups in total. The Morgan fingerprint density at radius 3 is 2.07 bits per heavy atom. The van der Waals surface area contributed by atoms with E-state index in [4.69, 9.17) is 0 Å². The Bertz CT molecular complexity index is 238. The van der Waals surface area contributed by atoms with Crippen molar-refractivity contribution in [3.63, 3.8) is 0 Å². The van der Waals surface area contributed by atoms with Crippen LogP contribution in [0.3, 0.4) is 0 Å². The summed E-state index contributed by atoms with van der Waals surface area (Å²) in [5.74, 6) is 0.573. The van der Waals surface area contributed by atoms with Crippen LogP contribution in [-0.4, -0.2) is 5.78 Å². The number of carbonyl (C=O) groups is 1. The number of carbonyl (C=O) groups excluding carboxylic acids is 1. The predicted octanol–water partition coefficient (Wildman–Crippen LogP) is 4.29. The molecule has 0 aliphatic rings. The highest BCUT2D eigenvalue weighted by Gasteiger charge is 2.11. The van der Waals surface area contributed by atoms with E-state index in [0.29, 0.717) is 12.2 Å². The summed E-state index contributed by atoms with van der Waals surface area (Å²) in [6, 6.07) is 0. The molecule has 0 aromatic rings. The normalized spacial score (nSPS) is 12.2. The Kier molecular flexibility index (Phi) is 7.02. The zero-order valence-corrected chi connectivity index (χ0v) is 10.4. The molecule has 15 heavy (non-hydrogen) atoms. The third-order valence-corrected chi connectivity index (χ3v) is 2.59. The molecule has 1 atom stereocenters. The van der Waals surface area contributed by atoms with E-state index >= 15 is 0 Å². The van der Waals surface area contributed by atoms with Gasteiger partial charge >= 0.3 is 0 Å². The van der Waals surface area contributed by atoms with Gasteiger partial charge in [0.05, 0.1) is 0 Å². The lowest BCUT2D eigenvalue weighted by Gasteiger charge is -2.10. The molecular weight excluding hydrogens is 184 g/mol. The minimum atomic E-state index is 0.198. The molecule has 1 unspecified atom stereocenters. The fourth-order valence-corrected chi connectivity index (χ4v) is 1.45. The van der Waals surface area contributed by atoms with E-state index in [9.17, 15) is 4.79 Å². The van der Waals surface area contributed by atoms with Crippen molar-refractivity contribution in [2.24, 2.45) is 5.92 Å². The molecule has 0 fully saturated rings. The van der Waals surface area contributed by atoms with Crippen molar-refractivity contribution in [1.82, 2.24) is 0 Å². The van der Waals surface area contributed by atoms with Crippen LogP contribution in [0.1, 0.15) is 52.9 Å². The number of ketones is 1. The molecule has 0 aromatic carbocycles. The lowest BCUT2D eigenvalue weighted by molar-refractivity contribution is -0.122. The van der Waals surface area contributed by atoms with Gasteiger partial charge in [-0.1, -0.05) is 18.1 Å². The molecule has 0 saturated carbocycles. The van der Waals surface area contributed by atoms with Crippen molar-refractivity contribution in [2.75, 3.05) is 0 Å². The van der Waals surface area contributed by atoms with Crippen LogP contribution >= 0.6 is 0 Å². The first-order valence-electron chi connectivity index (χ1n) is 5.75. The van der Waals surface area contributed by atoms with E-state index < -0.39 is 0 Å². The Morgan fingerprint density at radius 1 is 1.07 bits per heavy atom. The highest BCUT2D eigenvalue weighted by molar-refractivity contribution is 5.80. The van der Waals surface area contributed by atoms with Gasteiger partial charge in [-0.15, -0.1) is 13.2 Å². The number of allylic oxidation sites excluding steroid dienone is 2. The van der Waals surface area contributed by atoms with Gasteiger partial charge in [0.1, 0.15) is 5.78 Å². The summed E-state index contributed by atoms with van der Waals surface area (Å²) < 4.78 is 0. The molecule has 0 aliphatic carbocycles. The van der Waals surface area contributed by atoms with Gasteiger partial charge in [-0.2, -0.15) is 0 Å². The molecule has 1 heteroatoms. The number of hydrogen-bond acceptors (Lipinski definition) is 1. The maximum Gasteiger partial charge on any atom is 0.136 e. The van der Waals surface area contributed by atoms with Crippen molar-refractivity contribution >= 4 is 5.78 Å². The maximum absolute atomic E-state index is 11.7. The van der Waals surface area contributed by atoms with Gasteiger partial charge in [0.2, 0.25) is 0 Å². The highest BCUT2D eigenvalue weighted by Crippen LogP contribution is 2.15. The van der Waals surface area contributed by atoms with E-state index in [1.807, 2.05) is 20.8 Å². The molecule has 0 aromatic heterocycles. The molecule has 0 aliphatic heterocycles. The Balaban J connectivity index is 3.69. The van der Waals surface area contributed by atoms with Gasteiger partial charge in [-0.05, 0) is 39.5 Å². The summed E-state index contributed by atoms with van der Waals surface area (Å²) in [6.45, 7) is 13.7. The van der Waals surface area contributed by atoms with E-state index in [2.05, 4.69) is 13.2 Å². The topological polar surface area (TPSA) is 17.1 Å². The Hall–Kier alpha value is -0.850. The second kappa shape index (κ2) is 7.44. The van der Waals surface area contributed by atoms with Crippen LogP contribution in [0.25, 0.3) is 0 Å². The molecule has 0 spiro atoms. The van der Waals surface area contributed by atoms with Crippen molar-refractivity contribution in [2.45, 2.75) is 52.9 Å². The zero-order chi connectivity index (χ0) is 11.8. The first kappa shape index (κ1) is 14.2. The van der Waals surface area contributed by atoms with Gasteiger partial charge in [0.15, 0.2) is 0 Å². The van der Waals surface area contributed by atoms with E-state index in [1.54, 1.807) is 0 Å². The minimum Gasteiger partial charge on any atom is -0.299 e. The Labute approximate surface area is 94.3 Å². The van der Waals surface area contributed by atoms with Crippen molar-refractivity contribution < 1.29 is 4.79 Å². The molecule has 0 amide bonds. The zero-order valence-electron chi connectivity index (χ0n) is 10.4. The SMILES string of the molecule is C=C(C)CCCC(C)C(=O)CCC(=C)C. The summed E-state index contributed by atoms with van der Waals surface area (Å²) >= 11 is 0. The molecule has 0 rings (SSSR count). The fraction of sp³-hybridized carbons (Fsp3) is 0.643. The minimum absolute atomic E-state index is 0.198. The first-order valence-corrected chi connectivity index (χ1v) is 5.75. The lowest BCUT2D eigenvalue weighted by Crippen LogP contribution is -2.10.